The molecule has 0 saturated heterocycles. The predicted molar refractivity (Wildman–Crippen MR) is 95.1 cm³/mol. The highest BCUT2D eigenvalue weighted by Gasteiger charge is 2.30. The predicted octanol–water partition coefficient (Wildman–Crippen LogP) is 3.72. The van der Waals surface area contributed by atoms with Crippen molar-refractivity contribution in [2.45, 2.75) is 46.5 Å². The first-order chi connectivity index (χ1) is 11.4. The molecular weight excluding hydrogens is 302 g/mol. The van der Waals surface area contributed by atoms with E-state index in [0.29, 0.717) is 5.58 Å². The van der Waals surface area contributed by atoms with E-state index < -0.39 is 11.0 Å². The highest BCUT2D eigenvalue weighted by atomic mass is 16.4. The molecule has 0 N–H and O–H groups in total. The van der Waals surface area contributed by atoms with E-state index in [-0.39, 0.29) is 11.3 Å². The monoisotopic (exact) mass is 325 g/mol. The van der Waals surface area contributed by atoms with Gasteiger partial charge in [-0.15, -0.1) is 0 Å². The Morgan fingerprint density at radius 2 is 1.83 bits per heavy atom. The number of Topliss-reactive ketones (excluding diaryl/α,β-unsaturated/α-hetero) is 1. The number of aryl methyl sites for hydroxylation is 2. The normalized spacial score (nSPS) is 17.0. The second-order valence-corrected chi connectivity index (χ2v) is 8.00. The van der Waals surface area contributed by atoms with Crippen molar-refractivity contribution in [1.29, 1.82) is 0 Å². The topological polar surface area (TPSA) is 50.5 Å². The Hall–Kier alpha value is -2.10. The molecule has 0 bridgehead atoms. The van der Waals surface area contributed by atoms with Gasteiger partial charge in [-0.3, -0.25) is 4.79 Å². The van der Waals surface area contributed by atoms with Gasteiger partial charge in [0.15, 0.2) is 5.78 Å². The third kappa shape index (κ3) is 2.27. The summed E-state index contributed by atoms with van der Waals surface area (Å²) in [6, 6.07) is 3.87. The summed E-state index contributed by atoms with van der Waals surface area (Å²) in [5.41, 5.74) is 3.50. The van der Waals surface area contributed by atoms with Crippen LogP contribution in [-0.2, 0) is 12.8 Å². The summed E-state index contributed by atoms with van der Waals surface area (Å²) in [5.74, 6) is -0.161. The van der Waals surface area contributed by atoms with Gasteiger partial charge >= 0.3 is 5.63 Å². The van der Waals surface area contributed by atoms with Crippen molar-refractivity contribution in [3.8, 4) is 0 Å². The molecule has 4 heteroatoms. The molecule has 4 rings (SSSR count). The second kappa shape index (κ2) is 5.20. The highest BCUT2D eigenvalue weighted by molar-refractivity contribution is 6.02. The number of hydrogen-bond acceptors (Lipinski definition) is 4. The summed E-state index contributed by atoms with van der Waals surface area (Å²) >= 11 is 0. The van der Waals surface area contributed by atoms with E-state index in [2.05, 4.69) is 11.0 Å². The van der Waals surface area contributed by atoms with Crippen molar-refractivity contribution in [3.05, 3.63) is 39.2 Å². The second-order valence-electron chi connectivity index (χ2n) is 8.00. The summed E-state index contributed by atoms with van der Waals surface area (Å²) in [4.78, 5) is 27.4. The molecule has 1 aromatic heterocycles. The lowest BCUT2D eigenvalue weighted by Crippen LogP contribution is -2.34. The largest absolute Gasteiger partial charge is 0.422 e. The number of ketones is 1. The molecule has 2 aliphatic rings. The first-order valence-electron chi connectivity index (χ1n) is 8.78. The molecule has 3 heterocycles. The van der Waals surface area contributed by atoms with Crippen LogP contribution in [0.3, 0.4) is 0 Å². The number of nitrogens with zero attached hydrogens (tertiary/aromatic N) is 1. The van der Waals surface area contributed by atoms with Crippen LogP contribution in [0.25, 0.3) is 11.0 Å². The van der Waals surface area contributed by atoms with Crippen LogP contribution in [0.2, 0.25) is 0 Å². The van der Waals surface area contributed by atoms with Crippen LogP contribution in [-0.4, -0.2) is 18.9 Å². The van der Waals surface area contributed by atoms with E-state index in [1.807, 2.05) is 20.8 Å². The average Bonchev–Trinajstić information content (AvgIpc) is 2.54. The van der Waals surface area contributed by atoms with Crippen LogP contribution >= 0.6 is 0 Å². The van der Waals surface area contributed by atoms with E-state index in [1.54, 1.807) is 6.07 Å². The standard InChI is InChI=1S/C20H23NO3/c1-20(2,3)18(22)15-11-13-10-12-6-4-8-21-9-5-7-14(16(12)21)17(13)24-19(15)23/h10-11H,4-9H2,1-3H3. The lowest BCUT2D eigenvalue weighted by molar-refractivity contribution is 0.0854. The molecule has 0 spiro atoms. The molecular formula is C20H23NO3. The van der Waals surface area contributed by atoms with Crippen LogP contribution in [0.5, 0.6) is 0 Å². The molecule has 126 valence electrons. The molecule has 24 heavy (non-hydrogen) atoms. The van der Waals surface area contributed by atoms with Gasteiger partial charge in [-0.2, -0.15) is 0 Å². The number of anilines is 1. The van der Waals surface area contributed by atoms with Crippen molar-refractivity contribution in [3.63, 3.8) is 0 Å². The third-order valence-corrected chi connectivity index (χ3v) is 5.14. The zero-order valence-electron chi connectivity index (χ0n) is 14.6. The summed E-state index contributed by atoms with van der Waals surface area (Å²) in [7, 11) is 0. The molecule has 0 saturated carbocycles. The van der Waals surface area contributed by atoms with Gasteiger partial charge in [0.25, 0.3) is 0 Å². The molecule has 0 unspecified atom stereocenters. The molecule has 2 aliphatic heterocycles. The number of hydrogen-bond donors (Lipinski definition) is 0. The maximum absolute atomic E-state index is 12.6. The number of carbonyl (C=O) groups is 1. The Morgan fingerprint density at radius 1 is 1.12 bits per heavy atom. The lowest BCUT2D eigenvalue weighted by Gasteiger charge is -2.37. The van der Waals surface area contributed by atoms with Crippen LogP contribution in [0.15, 0.2) is 21.3 Å². The van der Waals surface area contributed by atoms with Crippen molar-refractivity contribution >= 4 is 22.4 Å². The molecule has 0 atom stereocenters. The summed E-state index contributed by atoms with van der Waals surface area (Å²) in [6.45, 7) is 7.64. The average molecular weight is 325 g/mol. The number of rotatable bonds is 1. The Kier molecular flexibility index (Phi) is 3.34. The van der Waals surface area contributed by atoms with Crippen LogP contribution in [0.1, 0.15) is 55.1 Å². The quantitative estimate of drug-likeness (QED) is 0.592. The zero-order chi connectivity index (χ0) is 17.1. The Bertz CT molecular complexity index is 900. The summed E-state index contributed by atoms with van der Waals surface area (Å²) in [6.07, 6.45) is 4.22. The molecule has 4 nitrogen and oxygen atoms in total. The van der Waals surface area contributed by atoms with Crippen LogP contribution in [0, 0.1) is 5.41 Å². The zero-order valence-corrected chi connectivity index (χ0v) is 14.6. The minimum atomic E-state index is -0.596. The van der Waals surface area contributed by atoms with Gasteiger partial charge in [0.05, 0.1) is 0 Å². The molecule has 1 aromatic carbocycles. The Balaban J connectivity index is 1.98. The molecule has 0 amide bonds. The fourth-order valence-electron chi connectivity index (χ4n) is 4.01. The fourth-order valence-corrected chi connectivity index (χ4v) is 4.01. The number of benzene rings is 1. The van der Waals surface area contributed by atoms with E-state index >= 15 is 0 Å². The van der Waals surface area contributed by atoms with Crippen molar-refractivity contribution in [2.24, 2.45) is 5.41 Å². The van der Waals surface area contributed by atoms with Crippen molar-refractivity contribution in [1.82, 2.24) is 0 Å². The van der Waals surface area contributed by atoms with Gasteiger partial charge in [0.2, 0.25) is 0 Å². The van der Waals surface area contributed by atoms with Gasteiger partial charge in [0.1, 0.15) is 11.1 Å². The molecule has 0 radical (unpaired) electrons. The Morgan fingerprint density at radius 3 is 2.54 bits per heavy atom. The Labute approximate surface area is 141 Å². The van der Waals surface area contributed by atoms with E-state index in [1.165, 1.54) is 11.3 Å². The maximum Gasteiger partial charge on any atom is 0.347 e. The molecule has 2 aromatic rings. The van der Waals surface area contributed by atoms with E-state index in [4.69, 9.17) is 4.42 Å². The molecule has 0 aliphatic carbocycles. The lowest BCUT2D eigenvalue weighted by atomic mass is 9.86. The number of carbonyl (C=O) groups excluding carboxylic acids is 1. The van der Waals surface area contributed by atoms with Crippen LogP contribution in [0.4, 0.5) is 5.69 Å². The minimum Gasteiger partial charge on any atom is -0.422 e. The maximum atomic E-state index is 12.6. The van der Waals surface area contributed by atoms with Crippen molar-refractivity contribution < 1.29 is 9.21 Å². The first-order valence-corrected chi connectivity index (χ1v) is 8.78. The highest BCUT2D eigenvalue weighted by Crippen LogP contribution is 2.39. The van der Waals surface area contributed by atoms with E-state index in [9.17, 15) is 9.59 Å². The molecule has 0 fully saturated rings. The van der Waals surface area contributed by atoms with Gasteiger partial charge in [-0.05, 0) is 43.4 Å². The van der Waals surface area contributed by atoms with Crippen molar-refractivity contribution in [2.75, 3.05) is 18.0 Å². The first kappa shape index (κ1) is 15.4. The third-order valence-electron chi connectivity index (χ3n) is 5.14. The van der Waals surface area contributed by atoms with Gasteiger partial charge in [-0.25, -0.2) is 4.79 Å². The minimum absolute atomic E-state index is 0.161. The SMILES string of the molecule is CC(C)(C)C(=O)c1cc2cc3c4c(c2oc1=O)CCCN4CCC3. The number of fused-ring (bicyclic) bond motifs is 2. The smallest absolute Gasteiger partial charge is 0.347 e. The summed E-state index contributed by atoms with van der Waals surface area (Å²) in [5, 5.41) is 0.889. The van der Waals surface area contributed by atoms with Gasteiger partial charge in [0, 0.05) is 35.1 Å². The van der Waals surface area contributed by atoms with Gasteiger partial charge in [-0.1, -0.05) is 20.8 Å². The summed E-state index contributed by atoms with van der Waals surface area (Å²) < 4.78 is 5.68. The van der Waals surface area contributed by atoms with Gasteiger partial charge < -0.3 is 9.32 Å². The fraction of sp³-hybridized carbons (Fsp3) is 0.500. The van der Waals surface area contributed by atoms with Crippen LogP contribution < -0.4 is 10.5 Å². The van der Waals surface area contributed by atoms with E-state index in [0.717, 1.165) is 49.7 Å².